The van der Waals surface area contributed by atoms with Gasteiger partial charge in [-0.3, -0.25) is 4.79 Å². The molecule has 5 heteroatoms. The average Bonchev–Trinajstić information content (AvgIpc) is 2.44. The summed E-state index contributed by atoms with van der Waals surface area (Å²) in [6.07, 6.45) is 3.24. The Morgan fingerprint density at radius 1 is 1.20 bits per heavy atom. The molecule has 0 fully saturated rings. The average molecular weight is 284 g/mol. The first-order chi connectivity index (χ1) is 9.40. The molecular weight excluding hydrogens is 260 g/mol. The number of hydrogen-bond acceptors (Lipinski definition) is 5. The fourth-order valence-electron chi connectivity index (χ4n) is 0.950. The minimum Gasteiger partial charge on any atom is -0.482 e. The Kier molecular flexibility index (Phi) is 12.2. The van der Waals surface area contributed by atoms with Crippen molar-refractivity contribution in [3.63, 3.8) is 0 Å². The van der Waals surface area contributed by atoms with E-state index in [4.69, 9.17) is 9.47 Å². The fraction of sp³-hybridized carbons (Fsp3) is 0.467. The van der Waals surface area contributed by atoms with Crippen LogP contribution in [0.25, 0.3) is 0 Å². The predicted molar refractivity (Wildman–Crippen MR) is 77.7 cm³/mol. The highest BCUT2D eigenvalue weighted by molar-refractivity contribution is 5.70. The Hall–Kier alpha value is -2.04. The molecule has 0 aliphatic rings. The molecule has 20 heavy (non-hydrogen) atoms. The molecule has 0 spiro atoms. The topological polar surface area (TPSA) is 61.8 Å². The van der Waals surface area contributed by atoms with Crippen LogP contribution in [0.3, 0.4) is 0 Å². The van der Waals surface area contributed by atoms with Crippen molar-refractivity contribution >= 4 is 11.9 Å². The first-order valence-corrected chi connectivity index (χ1v) is 6.32. The van der Waals surface area contributed by atoms with Gasteiger partial charge in [0.2, 0.25) is 0 Å². The number of allylic oxidation sites excluding steroid dienone is 3. The van der Waals surface area contributed by atoms with Crippen LogP contribution in [-0.4, -0.2) is 25.7 Å². The summed E-state index contributed by atoms with van der Waals surface area (Å²) in [6.45, 7) is 12.2. The van der Waals surface area contributed by atoms with E-state index in [1.54, 1.807) is 26.0 Å². The summed E-state index contributed by atoms with van der Waals surface area (Å²) in [4.78, 5) is 21.7. The maximum atomic E-state index is 10.9. The molecule has 0 N–H and O–H groups in total. The number of esters is 2. The molecule has 0 radical (unpaired) electrons. The Bertz CT molecular complexity index is 391. The number of rotatable bonds is 6. The lowest BCUT2D eigenvalue weighted by Crippen LogP contribution is -2.10. The lowest BCUT2D eigenvalue weighted by molar-refractivity contribution is -0.144. The normalized spacial score (nSPS) is 10.9. The molecule has 0 amide bonds. The third-order valence-corrected chi connectivity index (χ3v) is 1.94. The highest BCUT2D eigenvalue weighted by Gasteiger charge is 2.05. The van der Waals surface area contributed by atoms with Crippen molar-refractivity contribution in [1.82, 2.24) is 0 Å². The zero-order chi connectivity index (χ0) is 16.1. The number of carbonyl (C=O) groups excluding carboxylic acids is 2. The van der Waals surface area contributed by atoms with Crippen molar-refractivity contribution in [3.8, 4) is 0 Å². The Morgan fingerprint density at radius 3 is 2.15 bits per heavy atom. The molecule has 0 rings (SSSR count). The first kappa shape index (κ1) is 20.3. The van der Waals surface area contributed by atoms with Gasteiger partial charge in [0.15, 0.2) is 6.61 Å². The van der Waals surface area contributed by atoms with Crippen molar-refractivity contribution in [2.75, 3.05) is 13.7 Å². The maximum absolute atomic E-state index is 10.9. The van der Waals surface area contributed by atoms with E-state index in [-0.39, 0.29) is 6.61 Å². The summed E-state index contributed by atoms with van der Waals surface area (Å²) >= 11 is 0. The molecule has 0 saturated carbocycles. The van der Waals surface area contributed by atoms with Crippen molar-refractivity contribution in [3.05, 3.63) is 35.8 Å². The van der Waals surface area contributed by atoms with E-state index >= 15 is 0 Å². The molecule has 0 heterocycles. The molecule has 0 unspecified atom stereocenters. The van der Waals surface area contributed by atoms with Gasteiger partial charge < -0.3 is 14.2 Å². The molecule has 0 aliphatic carbocycles. The molecule has 0 atom stereocenters. The number of methoxy groups -OCH3 is 1. The van der Waals surface area contributed by atoms with Crippen LogP contribution in [0.1, 0.15) is 34.6 Å². The quantitative estimate of drug-likeness (QED) is 0.426. The van der Waals surface area contributed by atoms with Crippen LogP contribution in [0.15, 0.2) is 35.8 Å². The van der Waals surface area contributed by atoms with E-state index in [0.29, 0.717) is 17.1 Å². The summed E-state index contributed by atoms with van der Waals surface area (Å²) in [7, 11) is 1.27. The second kappa shape index (κ2) is 12.0. The molecule has 0 bridgehead atoms. The highest BCUT2D eigenvalue weighted by Crippen LogP contribution is 2.13. The Morgan fingerprint density at radius 2 is 1.75 bits per heavy atom. The largest absolute Gasteiger partial charge is 0.482 e. The maximum Gasteiger partial charge on any atom is 0.343 e. The van der Waals surface area contributed by atoms with E-state index in [2.05, 4.69) is 11.3 Å². The van der Waals surface area contributed by atoms with Crippen LogP contribution in [0.2, 0.25) is 0 Å². The zero-order valence-corrected chi connectivity index (χ0v) is 13.1. The third kappa shape index (κ3) is 9.94. The summed E-state index contributed by atoms with van der Waals surface area (Å²) in [5.41, 5.74) is 0.647. The van der Waals surface area contributed by atoms with Crippen LogP contribution in [-0.2, 0) is 23.8 Å². The van der Waals surface area contributed by atoms with E-state index in [1.807, 2.05) is 13.8 Å². The van der Waals surface area contributed by atoms with Crippen LogP contribution in [0, 0.1) is 0 Å². The SMILES string of the molecule is C=C(OCC(=O)OC)/C(C)=C\C(=C/C)OC(C)=O.CC. The standard InChI is InChI=1S/C13H18O5.C2H6/c1-6-12(18-11(4)14)7-9(2)10(3)17-8-13(15)16-5;1-2/h6-7H,3,8H2,1-2,4-5H3;1-2H3/b9-7-,12-6+;. The van der Waals surface area contributed by atoms with Crippen molar-refractivity contribution in [2.24, 2.45) is 0 Å². The minimum absolute atomic E-state index is 0.209. The highest BCUT2D eigenvalue weighted by atomic mass is 16.6. The van der Waals surface area contributed by atoms with E-state index < -0.39 is 11.9 Å². The lowest BCUT2D eigenvalue weighted by Gasteiger charge is -2.09. The van der Waals surface area contributed by atoms with Crippen molar-refractivity contribution in [2.45, 2.75) is 34.6 Å². The second-order valence-corrected chi connectivity index (χ2v) is 3.40. The molecule has 0 aromatic rings. The smallest absolute Gasteiger partial charge is 0.343 e. The second-order valence-electron chi connectivity index (χ2n) is 3.40. The van der Waals surface area contributed by atoms with Gasteiger partial charge in [-0.2, -0.15) is 0 Å². The molecule has 114 valence electrons. The molecule has 5 nitrogen and oxygen atoms in total. The van der Waals surface area contributed by atoms with Crippen LogP contribution in [0.5, 0.6) is 0 Å². The van der Waals surface area contributed by atoms with Gasteiger partial charge in [-0.25, -0.2) is 4.79 Å². The zero-order valence-electron chi connectivity index (χ0n) is 13.1. The first-order valence-electron chi connectivity index (χ1n) is 6.32. The number of ether oxygens (including phenoxy) is 3. The summed E-state index contributed by atoms with van der Waals surface area (Å²) in [5.74, 6) is -0.196. The van der Waals surface area contributed by atoms with E-state index in [9.17, 15) is 9.59 Å². The molecule has 0 saturated heterocycles. The van der Waals surface area contributed by atoms with E-state index in [0.717, 1.165) is 0 Å². The summed E-state index contributed by atoms with van der Waals surface area (Å²) in [5, 5.41) is 0. The van der Waals surface area contributed by atoms with Gasteiger partial charge >= 0.3 is 11.9 Å². The molecule has 0 aliphatic heterocycles. The van der Waals surface area contributed by atoms with Gasteiger partial charge in [-0.15, -0.1) is 0 Å². The summed E-state index contributed by atoms with van der Waals surface area (Å²) < 4.78 is 14.5. The third-order valence-electron chi connectivity index (χ3n) is 1.94. The van der Waals surface area contributed by atoms with Crippen molar-refractivity contribution < 1.29 is 23.8 Å². The van der Waals surface area contributed by atoms with Gasteiger partial charge in [-0.1, -0.05) is 20.4 Å². The van der Waals surface area contributed by atoms with Crippen LogP contribution in [0.4, 0.5) is 0 Å². The van der Waals surface area contributed by atoms with Crippen LogP contribution < -0.4 is 0 Å². The minimum atomic E-state index is -0.491. The van der Waals surface area contributed by atoms with E-state index in [1.165, 1.54) is 14.0 Å². The Labute approximate surface area is 120 Å². The number of carbonyl (C=O) groups is 2. The lowest BCUT2D eigenvalue weighted by atomic mass is 10.2. The fourth-order valence-corrected chi connectivity index (χ4v) is 0.950. The predicted octanol–water partition coefficient (Wildman–Crippen LogP) is 3.13. The Balaban J connectivity index is 0. The van der Waals surface area contributed by atoms with Gasteiger partial charge in [0, 0.05) is 6.92 Å². The van der Waals surface area contributed by atoms with Gasteiger partial charge in [-0.05, 0) is 31.6 Å². The van der Waals surface area contributed by atoms with Gasteiger partial charge in [0.05, 0.1) is 7.11 Å². The molecule has 0 aromatic carbocycles. The van der Waals surface area contributed by atoms with Gasteiger partial charge in [0.25, 0.3) is 0 Å². The monoisotopic (exact) mass is 284 g/mol. The van der Waals surface area contributed by atoms with Gasteiger partial charge in [0.1, 0.15) is 11.5 Å². The number of hydrogen-bond donors (Lipinski definition) is 0. The van der Waals surface area contributed by atoms with Crippen molar-refractivity contribution in [1.29, 1.82) is 0 Å². The molecule has 0 aromatic heterocycles. The van der Waals surface area contributed by atoms with Crippen LogP contribution >= 0.6 is 0 Å². The summed E-state index contributed by atoms with van der Waals surface area (Å²) in [6, 6.07) is 0. The molecular formula is C15H24O5.